The topological polar surface area (TPSA) is 49.4 Å². The summed E-state index contributed by atoms with van der Waals surface area (Å²) in [6.45, 7) is 3.57. The minimum absolute atomic E-state index is 0.0520. The fraction of sp³-hybridized carbons (Fsp3) is 0.529. The van der Waals surface area contributed by atoms with Gasteiger partial charge in [-0.3, -0.25) is 9.59 Å². The maximum Gasteiger partial charge on any atom is 0.240 e. The Bertz CT molecular complexity index is 645. The zero-order chi connectivity index (χ0) is 16.6. The second-order valence-corrected chi connectivity index (χ2v) is 7.07. The Labute approximate surface area is 140 Å². The molecule has 2 aliphatic rings. The Morgan fingerprint density at radius 1 is 1.39 bits per heavy atom. The monoisotopic (exact) mass is 338 g/mol. The summed E-state index contributed by atoms with van der Waals surface area (Å²) in [6, 6.07) is 4.01. The van der Waals surface area contributed by atoms with Crippen molar-refractivity contribution in [3.05, 3.63) is 29.0 Å². The van der Waals surface area contributed by atoms with E-state index in [4.69, 9.17) is 11.6 Å². The van der Waals surface area contributed by atoms with Crippen LogP contribution in [0.3, 0.4) is 0 Å². The van der Waals surface area contributed by atoms with Crippen LogP contribution in [0.1, 0.15) is 32.6 Å². The number of halogens is 2. The summed E-state index contributed by atoms with van der Waals surface area (Å²) >= 11 is 5.73. The number of rotatable bonds is 3. The van der Waals surface area contributed by atoms with E-state index in [0.29, 0.717) is 24.4 Å². The molecular weight excluding hydrogens is 319 g/mol. The molecule has 0 spiro atoms. The molecule has 0 aromatic heterocycles. The molecule has 1 aliphatic carbocycles. The molecule has 0 bridgehead atoms. The average molecular weight is 339 g/mol. The van der Waals surface area contributed by atoms with Crippen molar-refractivity contribution >= 4 is 29.1 Å². The number of amides is 2. The molecule has 1 aliphatic heterocycles. The molecular formula is C17H20ClFN2O2. The first-order chi connectivity index (χ1) is 10.9. The Morgan fingerprint density at radius 3 is 2.74 bits per heavy atom. The highest BCUT2D eigenvalue weighted by Crippen LogP contribution is 2.48. The highest BCUT2D eigenvalue weighted by atomic mass is 35.5. The summed E-state index contributed by atoms with van der Waals surface area (Å²) in [7, 11) is 0. The molecule has 1 aromatic carbocycles. The molecule has 2 fully saturated rings. The van der Waals surface area contributed by atoms with Gasteiger partial charge in [0.25, 0.3) is 0 Å². The van der Waals surface area contributed by atoms with Crippen molar-refractivity contribution in [1.82, 2.24) is 4.90 Å². The molecule has 0 radical (unpaired) electrons. The molecule has 23 heavy (non-hydrogen) atoms. The lowest BCUT2D eigenvalue weighted by Gasteiger charge is -2.33. The van der Waals surface area contributed by atoms with E-state index in [0.717, 1.165) is 25.9 Å². The summed E-state index contributed by atoms with van der Waals surface area (Å²) in [5, 5.41) is 2.65. The van der Waals surface area contributed by atoms with Gasteiger partial charge in [-0.15, -0.1) is 0 Å². The van der Waals surface area contributed by atoms with E-state index < -0.39 is 11.2 Å². The summed E-state index contributed by atoms with van der Waals surface area (Å²) in [5.74, 6) is -0.454. The number of benzene rings is 1. The fourth-order valence-electron chi connectivity index (χ4n) is 3.16. The number of likely N-dealkylation sites (tertiary alicyclic amines) is 1. The number of piperidine rings is 1. The average Bonchev–Trinajstić information content (AvgIpc) is 3.32. The van der Waals surface area contributed by atoms with Gasteiger partial charge in [0.1, 0.15) is 11.2 Å². The van der Waals surface area contributed by atoms with Gasteiger partial charge in [0.2, 0.25) is 11.8 Å². The Morgan fingerprint density at radius 2 is 2.13 bits per heavy atom. The third-order valence-electron chi connectivity index (χ3n) is 4.72. The molecule has 6 heteroatoms. The van der Waals surface area contributed by atoms with E-state index in [2.05, 4.69) is 12.2 Å². The second kappa shape index (κ2) is 6.11. The number of carbonyl (C=O) groups excluding carboxylic acids is 2. The van der Waals surface area contributed by atoms with Crippen molar-refractivity contribution in [2.45, 2.75) is 32.6 Å². The van der Waals surface area contributed by atoms with E-state index in [1.165, 1.54) is 18.2 Å². The van der Waals surface area contributed by atoms with Crippen molar-refractivity contribution in [3.63, 3.8) is 0 Å². The Kier molecular flexibility index (Phi) is 4.32. The molecule has 1 saturated heterocycles. The molecule has 2 amide bonds. The van der Waals surface area contributed by atoms with Crippen LogP contribution >= 0.6 is 11.6 Å². The lowest BCUT2D eigenvalue weighted by atomic mass is 9.96. The molecule has 1 unspecified atom stereocenters. The highest BCUT2D eigenvalue weighted by molar-refractivity contribution is 6.31. The third-order valence-corrected chi connectivity index (χ3v) is 5.01. The smallest absolute Gasteiger partial charge is 0.240 e. The molecule has 3 rings (SSSR count). The predicted octanol–water partition coefficient (Wildman–Crippen LogP) is 3.46. The normalized spacial score (nSPS) is 22.6. The number of nitrogens with zero attached hydrogens (tertiary/aromatic N) is 1. The number of hydrogen-bond acceptors (Lipinski definition) is 2. The Hall–Kier alpha value is -1.62. The van der Waals surface area contributed by atoms with Crippen LogP contribution in [-0.2, 0) is 9.59 Å². The summed E-state index contributed by atoms with van der Waals surface area (Å²) < 4.78 is 13.2. The third kappa shape index (κ3) is 3.20. The number of hydrogen-bond donors (Lipinski definition) is 1. The first-order valence-corrected chi connectivity index (χ1v) is 8.36. The van der Waals surface area contributed by atoms with Crippen LogP contribution in [0.5, 0.6) is 0 Å². The molecule has 1 atom stereocenters. The zero-order valence-electron chi connectivity index (χ0n) is 13.1. The molecule has 1 saturated carbocycles. The first kappa shape index (κ1) is 16.2. The van der Waals surface area contributed by atoms with Gasteiger partial charge in [-0.2, -0.15) is 0 Å². The fourth-order valence-corrected chi connectivity index (χ4v) is 3.34. The largest absolute Gasteiger partial charge is 0.342 e. The zero-order valence-corrected chi connectivity index (χ0v) is 13.8. The summed E-state index contributed by atoms with van der Waals surface area (Å²) in [4.78, 5) is 27.1. The van der Waals surface area contributed by atoms with E-state index in [1.54, 1.807) is 0 Å². The summed E-state index contributed by atoms with van der Waals surface area (Å²) in [6.07, 6.45) is 3.24. The molecule has 1 N–H and O–H groups in total. The van der Waals surface area contributed by atoms with Gasteiger partial charge in [0, 0.05) is 18.8 Å². The van der Waals surface area contributed by atoms with E-state index in [9.17, 15) is 14.0 Å². The van der Waals surface area contributed by atoms with Gasteiger partial charge in [-0.05, 0) is 49.8 Å². The summed E-state index contributed by atoms with van der Waals surface area (Å²) in [5.41, 5.74) is -0.537. The van der Waals surface area contributed by atoms with Crippen LogP contribution in [-0.4, -0.2) is 29.8 Å². The van der Waals surface area contributed by atoms with Gasteiger partial charge < -0.3 is 10.2 Å². The van der Waals surface area contributed by atoms with Gasteiger partial charge in [0.15, 0.2) is 0 Å². The van der Waals surface area contributed by atoms with Crippen molar-refractivity contribution in [2.24, 2.45) is 11.3 Å². The predicted molar refractivity (Wildman–Crippen MR) is 86.7 cm³/mol. The van der Waals surface area contributed by atoms with Gasteiger partial charge in [0.05, 0.1) is 5.02 Å². The van der Waals surface area contributed by atoms with Crippen LogP contribution in [0.4, 0.5) is 10.1 Å². The SMILES string of the molecule is CC1CCCN(C(=O)C2(C(=O)Nc3ccc(F)c(Cl)c3)CC2)C1. The number of anilines is 1. The van der Waals surface area contributed by atoms with Crippen molar-refractivity contribution in [3.8, 4) is 0 Å². The van der Waals surface area contributed by atoms with E-state index in [-0.39, 0.29) is 16.8 Å². The first-order valence-electron chi connectivity index (χ1n) is 7.98. The van der Waals surface area contributed by atoms with E-state index >= 15 is 0 Å². The van der Waals surface area contributed by atoms with Crippen LogP contribution < -0.4 is 5.32 Å². The second-order valence-electron chi connectivity index (χ2n) is 6.66. The molecule has 1 heterocycles. The van der Waals surface area contributed by atoms with E-state index in [1.807, 2.05) is 4.90 Å². The van der Waals surface area contributed by atoms with Crippen LogP contribution in [0.25, 0.3) is 0 Å². The maximum absolute atomic E-state index is 13.2. The maximum atomic E-state index is 13.2. The number of nitrogens with one attached hydrogen (secondary N) is 1. The minimum Gasteiger partial charge on any atom is -0.342 e. The van der Waals surface area contributed by atoms with Crippen molar-refractivity contribution in [1.29, 1.82) is 0 Å². The molecule has 1 aromatic rings. The molecule has 4 nitrogen and oxygen atoms in total. The quantitative estimate of drug-likeness (QED) is 0.858. The van der Waals surface area contributed by atoms with Crippen molar-refractivity contribution in [2.75, 3.05) is 18.4 Å². The van der Waals surface area contributed by atoms with Gasteiger partial charge in [-0.25, -0.2) is 4.39 Å². The number of carbonyl (C=O) groups is 2. The minimum atomic E-state index is -0.947. The van der Waals surface area contributed by atoms with Crippen LogP contribution in [0.2, 0.25) is 5.02 Å². The van der Waals surface area contributed by atoms with Gasteiger partial charge >= 0.3 is 0 Å². The lowest BCUT2D eigenvalue weighted by Crippen LogP contribution is -2.46. The van der Waals surface area contributed by atoms with Crippen molar-refractivity contribution < 1.29 is 14.0 Å². The Balaban J connectivity index is 1.70. The standard InChI is InChI=1S/C17H20ClFN2O2/c1-11-3-2-8-21(10-11)16(23)17(6-7-17)15(22)20-12-4-5-14(19)13(18)9-12/h4-5,9,11H,2-3,6-8,10H2,1H3,(H,20,22). The van der Waals surface area contributed by atoms with Gasteiger partial charge in [-0.1, -0.05) is 18.5 Å². The van der Waals surface area contributed by atoms with Crippen LogP contribution in [0.15, 0.2) is 18.2 Å². The van der Waals surface area contributed by atoms with Crippen LogP contribution in [0, 0.1) is 17.2 Å². The lowest BCUT2D eigenvalue weighted by molar-refractivity contribution is -0.143. The highest BCUT2D eigenvalue weighted by Gasteiger charge is 2.58. The molecule has 124 valence electrons.